The fraction of sp³-hybridized carbons (Fsp3) is 0.533. The number of halogens is 2. The summed E-state index contributed by atoms with van der Waals surface area (Å²) in [5.41, 5.74) is 0.117. The number of unbranched alkanes of at least 4 members (excludes halogenated alkanes) is 1. The second-order valence-corrected chi connectivity index (χ2v) is 4.70. The molecule has 0 fully saturated rings. The minimum Gasteiger partial charge on any atom is -0.356 e. The largest absolute Gasteiger partial charge is 0.356 e. The fourth-order valence-electron chi connectivity index (χ4n) is 1.96. The Hall–Kier alpha value is -1.65. The van der Waals surface area contributed by atoms with Crippen LogP contribution >= 0.6 is 0 Å². The third-order valence-electron chi connectivity index (χ3n) is 3.14. The molecule has 1 aromatic rings. The lowest BCUT2D eigenvalue weighted by atomic mass is 10.1. The Kier molecular flexibility index (Phi) is 6.98. The van der Waals surface area contributed by atoms with Gasteiger partial charge in [-0.1, -0.05) is 19.4 Å². The van der Waals surface area contributed by atoms with Crippen LogP contribution in [0.3, 0.4) is 0 Å². The van der Waals surface area contributed by atoms with E-state index in [1.54, 1.807) is 7.05 Å². The molecule has 3 nitrogen and oxygen atoms in total. The summed E-state index contributed by atoms with van der Waals surface area (Å²) in [6.07, 6.45) is 2.49. The van der Waals surface area contributed by atoms with Crippen LogP contribution in [0.15, 0.2) is 23.2 Å². The van der Waals surface area contributed by atoms with Gasteiger partial charge in [-0.3, -0.25) is 4.99 Å². The summed E-state index contributed by atoms with van der Waals surface area (Å²) in [6, 6.07) is 3.93. The SMILES string of the molecule is CCCCN(C)C(=NC)NCCc1c(F)cccc1F. The van der Waals surface area contributed by atoms with Crippen LogP contribution in [0, 0.1) is 11.6 Å². The lowest BCUT2D eigenvalue weighted by molar-refractivity contribution is 0.464. The molecule has 0 aliphatic rings. The van der Waals surface area contributed by atoms with Crippen LogP contribution in [-0.4, -0.2) is 38.0 Å². The highest BCUT2D eigenvalue weighted by Crippen LogP contribution is 2.12. The average Bonchev–Trinajstić information content (AvgIpc) is 2.43. The zero-order valence-electron chi connectivity index (χ0n) is 12.4. The quantitative estimate of drug-likeness (QED) is 0.642. The standard InChI is InChI=1S/C15H23F2N3/c1-4-5-11-20(3)15(18-2)19-10-9-12-13(16)7-6-8-14(12)17/h6-8H,4-5,9-11H2,1-3H3,(H,18,19). The third-order valence-corrected chi connectivity index (χ3v) is 3.14. The Morgan fingerprint density at radius 3 is 2.50 bits per heavy atom. The topological polar surface area (TPSA) is 27.6 Å². The molecule has 0 atom stereocenters. The van der Waals surface area contributed by atoms with Gasteiger partial charge in [-0.15, -0.1) is 0 Å². The van der Waals surface area contributed by atoms with E-state index in [0.717, 1.165) is 25.3 Å². The minimum atomic E-state index is -0.499. The van der Waals surface area contributed by atoms with Crippen molar-refractivity contribution in [2.75, 3.05) is 27.2 Å². The molecular formula is C15H23F2N3. The summed E-state index contributed by atoms with van der Waals surface area (Å²) in [5, 5.41) is 3.12. The van der Waals surface area contributed by atoms with Gasteiger partial charge in [-0.25, -0.2) is 8.78 Å². The summed E-state index contributed by atoms with van der Waals surface area (Å²) >= 11 is 0. The molecule has 112 valence electrons. The van der Waals surface area contributed by atoms with Gasteiger partial charge in [-0.2, -0.15) is 0 Å². The van der Waals surface area contributed by atoms with Crippen LogP contribution < -0.4 is 5.32 Å². The average molecular weight is 283 g/mol. The molecule has 1 aromatic carbocycles. The monoisotopic (exact) mass is 283 g/mol. The van der Waals surface area contributed by atoms with Crippen LogP contribution in [0.4, 0.5) is 8.78 Å². The number of hydrogen-bond donors (Lipinski definition) is 1. The predicted molar refractivity (Wildman–Crippen MR) is 79.0 cm³/mol. The first kappa shape index (κ1) is 16.4. The van der Waals surface area contributed by atoms with Crippen LogP contribution in [-0.2, 0) is 6.42 Å². The van der Waals surface area contributed by atoms with Crippen molar-refractivity contribution in [3.8, 4) is 0 Å². The molecule has 1 N–H and O–H groups in total. The van der Waals surface area contributed by atoms with E-state index >= 15 is 0 Å². The van der Waals surface area contributed by atoms with E-state index in [-0.39, 0.29) is 5.56 Å². The molecule has 0 unspecified atom stereocenters. The molecule has 0 saturated heterocycles. The van der Waals surface area contributed by atoms with E-state index < -0.39 is 11.6 Å². The maximum absolute atomic E-state index is 13.5. The van der Waals surface area contributed by atoms with Crippen molar-refractivity contribution in [3.05, 3.63) is 35.4 Å². The number of rotatable bonds is 6. The van der Waals surface area contributed by atoms with Crippen molar-refractivity contribution in [3.63, 3.8) is 0 Å². The Balaban J connectivity index is 2.50. The molecule has 0 saturated carbocycles. The molecule has 0 bridgehead atoms. The van der Waals surface area contributed by atoms with E-state index in [4.69, 9.17) is 0 Å². The highest BCUT2D eigenvalue weighted by atomic mass is 19.1. The summed E-state index contributed by atoms with van der Waals surface area (Å²) < 4.78 is 26.9. The highest BCUT2D eigenvalue weighted by Gasteiger charge is 2.09. The van der Waals surface area contributed by atoms with Crippen molar-refractivity contribution >= 4 is 5.96 Å². The van der Waals surface area contributed by atoms with Gasteiger partial charge in [0, 0.05) is 32.7 Å². The number of nitrogens with zero attached hydrogens (tertiary/aromatic N) is 2. The van der Waals surface area contributed by atoms with E-state index in [0.29, 0.717) is 13.0 Å². The third kappa shape index (κ3) is 4.79. The second kappa shape index (κ2) is 8.51. The van der Waals surface area contributed by atoms with Crippen molar-refractivity contribution in [1.29, 1.82) is 0 Å². The van der Waals surface area contributed by atoms with Gasteiger partial charge in [0.2, 0.25) is 0 Å². The van der Waals surface area contributed by atoms with Gasteiger partial charge in [0.25, 0.3) is 0 Å². The number of guanidine groups is 1. The van der Waals surface area contributed by atoms with E-state index in [1.807, 2.05) is 11.9 Å². The zero-order valence-corrected chi connectivity index (χ0v) is 12.4. The number of hydrogen-bond acceptors (Lipinski definition) is 1. The lowest BCUT2D eigenvalue weighted by Crippen LogP contribution is -2.40. The first-order valence-corrected chi connectivity index (χ1v) is 6.94. The molecule has 0 aliphatic heterocycles. The zero-order chi connectivity index (χ0) is 15.0. The first-order chi connectivity index (χ1) is 9.60. The van der Waals surface area contributed by atoms with E-state index in [2.05, 4.69) is 17.2 Å². The second-order valence-electron chi connectivity index (χ2n) is 4.70. The fourth-order valence-corrected chi connectivity index (χ4v) is 1.96. The van der Waals surface area contributed by atoms with Crippen LogP contribution in [0.5, 0.6) is 0 Å². The minimum absolute atomic E-state index is 0.117. The number of benzene rings is 1. The van der Waals surface area contributed by atoms with Crippen molar-refractivity contribution in [2.24, 2.45) is 4.99 Å². The first-order valence-electron chi connectivity index (χ1n) is 6.94. The van der Waals surface area contributed by atoms with Gasteiger partial charge in [-0.05, 0) is 25.0 Å². The summed E-state index contributed by atoms with van der Waals surface area (Å²) in [6.45, 7) is 3.48. The molecule has 20 heavy (non-hydrogen) atoms. The highest BCUT2D eigenvalue weighted by molar-refractivity contribution is 5.79. The van der Waals surface area contributed by atoms with Crippen LogP contribution in [0.25, 0.3) is 0 Å². The summed E-state index contributed by atoms with van der Waals surface area (Å²) in [7, 11) is 3.66. The Labute approximate surface area is 119 Å². The van der Waals surface area contributed by atoms with Crippen molar-refractivity contribution in [1.82, 2.24) is 10.2 Å². The summed E-state index contributed by atoms with van der Waals surface area (Å²) in [4.78, 5) is 6.18. The molecule has 5 heteroatoms. The molecule has 0 aromatic heterocycles. The van der Waals surface area contributed by atoms with Gasteiger partial charge in [0.05, 0.1) is 0 Å². The Morgan fingerprint density at radius 1 is 1.30 bits per heavy atom. The predicted octanol–water partition coefficient (Wildman–Crippen LogP) is 2.81. The molecular weight excluding hydrogens is 260 g/mol. The molecule has 0 amide bonds. The normalized spacial score (nSPS) is 11.6. The molecule has 0 heterocycles. The van der Waals surface area contributed by atoms with Gasteiger partial charge in [0.1, 0.15) is 11.6 Å². The van der Waals surface area contributed by atoms with Gasteiger partial charge >= 0.3 is 0 Å². The van der Waals surface area contributed by atoms with Crippen molar-refractivity contribution < 1.29 is 8.78 Å². The van der Waals surface area contributed by atoms with Crippen LogP contribution in [0.2, 0.25) is 0 Å². The Morgan fingerprint density at radius 2 is 1.95 bits per heavy atom. The van der Waals surface area contributed by atoms with E-state index in [1.165, 1.54) is 18.2 Å². The maximum atomic E-state index is 13.5. The van der Waals surface area contributed by atoms with E-state index in [9.17, 15) is 8.78 Å². The lowest BCUT2D eigenvalue weighted by Gasteiger charge is -2.21. The molecule has 0 radical (unpaired) electrons. The van der Waals surface area contributed by atoms with Crippen molar-refractivity contribution in [2.45, 2.75) is 26.2 Å². The molecule has 0 aliphatic carbocycles. The number of nitrogens with one attached hydrogen (secondary N) is 1. The van der Waals surface area contributed by atoms with Gasteiger partial charge in [0.15, 0.2) is 5.96 Å². The van der Waals surface area contributed by atoms with Gasteiger partial charge < -0.3 is 10.2 Å². The molecule has 0 spiro atoms. The smallest absolute Gasteiger partial charge is 0.193 e. The number of aliphatic imine (C=N–C) groups is 1. The molecule has 1 rings (SSSR count). The summed E-state index contributed by atoms with van der Waals surface area (Å²) in [5.74, 6) is -0.252. The Bertz CT molecular complexity index is 426. The maximum Gasteiger partial charge on any atom is 0.193 e. The van der Waals surface area contributed by atoms with Crippen LogP contribution in [0.1, 0.15) is 25.3 Å².